The summed E-state index contributed by atoms with van der Waals surface area (Å²) < 4.78 is 0. The third kappa shape index (κ3) is 20.7. The summed E-state index contributed by atoms with van der Waals surface area (Å²) >= 11 is 0. The summed E-state index contributed by atoms with van der Waals surface area (Å²) in [6, 6.07) is -9.86. The predicted octanol–water partition coefficient (Wildman–Crippen LogP) is -1.18. The minimum atomic E-state index is -1.74. The van der Waals surface area contributed by atoms with E-state index >= 15 is 0 Å². The van der Waals surface area contributed by atoms with Gasteiger partial charge in [-0.25, -0.2) is 4.79 Å². The maximum atomic E-state index is 13.7. The SMILES string of the molecule is CC(C)C[C@H](NC(=O)[C@H](CC(=O)O)NC(=O)[C@H](CC(C)C)NC(=O)[C@H](CCC(=O)O)NC(=O)[C@H](CC(C)C)NC(=O)[C@H](CC(C)C)NC(=O)[C@@H](N)CO)C(=O)O. The lowest BCUT2D eigenvalue weighted by atomic mass is 9.99. The number of carboxylic acids is 3. The number of nitrogens with two attached hydrogens (primary N) is 1. The maximum absolute atomic E-state index is 13.7. The molecule has 6 amide bonds. The van der Waals surface area contributed by atoms with Gasteiger partial charge in [0.05, 0.1) is 13.0 Å². The first-order valence-electron chi connectivity index (χ1n) is 18.7. The molecule has 0 rings (SSSR count). The monoisotopic (exact) mass is 801 g/mol. The average molecular weight is 802 g/mol. The highest BCUT2D eigenvalue weighted by molar-refractivity contribution is 5.97. The Labute approximate surface area is 327 Å². The van der Waals surface area contributed by atoms with Crippen LogP contribution in [0.4, 0.5) is 0 Å². The van der Waals surface area contributed by atoms with E-state index in [9.17, 15) is 63.6 Å². The summed E-state index contributed by atoms with van der Waals surface area (Å²) in [5.74, 6) is -10.4. The van der Waals surface area contributed by atoms with Crippen LogP contribution in [-0.2, 0) is 43.2 Å². The quantitative estimate of drug-likeness (QED) is 0.0466. The first-order valence-corrected chi connectivity index (χ1v) is 18.7. The van der Waals surface area contributed by atoms with Crippen LogP contribution in [0.2, 0.25) is 0 Å². The van der Waals surface area contributed by atoms with Crippen molar-refractivity contribution in [3.63, 3.8) is 0 Å². The molecule has 0 saturated heterocycles. The molecule has 0 aromatic rings. The molecule has 7 atom stereocenters. The van der Waals surface area contributed by atoms with Gasteiger partial charge in [-0.05, 0) is 55.8 Å². The summed E-state index contributed by atoms with van der Waals surface area (Å²) in [5, 5.41) is 52.2. The van der Waals surface area contributed by atoms with Crippen LogP contribution in [0.1, 0.15) is 100 Å². The summed E-state index contributed by atoms with van der Waals surface area (Å²) in [5.41, 5.74) is 5.60. The van der Waals surface area contributed by atoms with E-state index in [4.69, 9.17) is 5.73 Å². The first kappa shape index (κ1) is 51.1. The molecule has 0 spiro atoms. The molecule has 0 aromatic carbocycles. The highest BCUT2D eigenvalue weighted by atomic mass is 16.4. The third-order valence-corrected chi connectivity index (χ3v) is 8.17. The van der Waals surface area contributed by atoms with Crippen molar-refractivity contribution < 1.29 is 63.6 Å². The van der Waals surface area contributed by atoms with E-state index in [1.807, 2.05) is 0 Å². The van der Waals surface area contributed by atoms with Crippen LogP contribution >= 0.6 is 0 Å². The van der Waals surface area contributed by atoms with Gasteiger partial charge in [-0.3, -0.25) is 38.4 Å². The number of carbonyl (C=O) groups excluding carboxylic acids is 6. The van der Waals surface area contributed by atoms with Gasteiger partial charge in [0, 0.05) is 6.42 Å². The van der Waals surface area contributed by atoms with Gasteiger partial charge in [-0.15, -0.1) is 0 Å². The van der Waals surface area contributed by atoms with Gasteiger partial charge in [0.2, 0.25) is 35.4 Å². The van der Waals surface area contributed by atoms with Gasteiger partial charge < -0.3 is 58.1 Å². The standard InChI is InChI=1S/C36H63N7O13/c1-17(2)11-23(39-30(49)21(37)16-44)33(52)41-24(12-18(3)4)32(51)38-22(9-10-28(45)46)31(50)40-25(13-19(5)6)34(53)42-26(15-29(47)48)35(54)43-27(36(55)56)14-20(7)8/h17-27,44H,9-16,37H2,1-8H3,(H,38,51)(H,39,49)(H,40,50)(H,41,52)(H,42,53)(H,43,54)(H,45,46)(H,47,48)(H,55,56)/t21-,22-,23-,24-,25-,26-,27-/m0/s1. The lowest BCUT2D eigenvalue weighted by Crippen LogP contribution is -2.60. The molecule has 0 aliphatic rings. The summed E-state index contributed by atoms with van der Waals surface area (Å²) in [7, 11) is 0. The van der Waals surface area contributed by atoms with Crippen molar-refractivity contribution in [2.45, 2.75) is 143 Å². The Morgan fingerprint density at radius 3 is 1.09 bits per heavy atom. The molecule has 12 N–H and O–H groups in total. The van der Waals surface area contributed by atoms with E-state index in [0.717, 1.165) is 0 Å². The van der Waals surface area contributed by atoms with Crippen LogP contribution < -0.4 is 37.6 Å². The second kappa shape index (κ2) is 25.3. The second-order valence-electron chi connectivity index (χ2n) is 15.5. The zero-order valence-electron chi connectivity index (χ0n) is 33.5. The van der Waals surface area contributed by atoms with Crippen LogP contribution in [0.5, 0.6) is 0 Å². The number of carboxylic acid groups (broad SMARTS) is 3. The Kier molecular flexibility index (Phi) is 23.1. The molecule has 0 fully saturated rings. The predicted molar refractivity (Wildman–Crippen MR) is 201 cm³/mol. The molecule has 0 heterocycles. The van der Waals surface area contributed by atoms with Crippen molar-refractivity contribution in [3.8, 4) is 0 Å². The fourth-order valence-corrected chi connectivity index (χ4v) is 5.45. The number of amides is 6. The molecule has 20 nitrogen and oxygen atoms in total. The Balaban J connectivity index is 6.43. The van der Waals surface area contributed by atoms with Gasteiger partial charge in [0.25, 0.3) is 0 Å². The summed E-state index contributed by atoms with van der Waals surface area (Å²) in [6.45, 7) is 13.3. The van der Waals surface area contributed by atoms with Crippen molar-refractivity contribution in [3.05, 3.63) is 0 Å². The van der Waals surface area contributed by atoms with E-state index in [1.54, 1.807) is 55.4 Å². The number of hydrogen-bond donors (Lipinski definition) is 11. The molecule has 0 aliphatic heterocycles. The number of carbonyl (C=O) groups is 9. The van der Waals surface area contributed by atoms with Crippen LogP contribution in [0.3, 0.4) is 0 Å². The molecule has 0 saturated carbocycles. The average Bonchev–Trinajstić information content (AvgIpc) is 3.06. The fourth-order valence-electron chi connectivity index (χ4n) is 5.45. The Morgan fingerprint density at radius 1 is 0.446 bits per heavy atom. The largest absolute Gasteiger partial charge is 0.481 e. The number of aliphatic carboxylic acids is 3. The Morgan fingerprint density at radius 2 is 0.750 bits per heavy atom. The van der Waals surface area contributed by atoms with Gasteiger partial charge >= 0.3 is 17.9 Å². The molecule has 0 radical (unpaired) electrons. The maximum Gasteiger partial charge on any atom is 0.326 e. The van der Waals surface area contributed by atoms with Gasteiger partial charge in [0.15, 0.2) is 0 Å². The van der Waals surface area contributed by atoms with E-state index in [2.05, 4.69) is 31.9 Å². The molecule has 0 unspecified atom stereocenters. The van der Waals surface area contributed by atoms with Crippen molar-refractivity contribution in [2.24, 2.45) is 29.4 Å². The number of aliphatic hydroxyl groups excluding tert-OH is 1. The molecular formula is C36H63N7O13. The van der Waals surface area contributed by atoms with E-state index in [1.165, 1.54) is 0 Å². The molecule has 20 heteroatoms. The van der Waals surface area contributed by atoms with Crippen LogP contribution in [0, 0.1) is 23.7 Å². The van der Waals surface area contributed by atoms with E-state index in [0.29, 0.717) is 0 Å². The fraction of sp³-hybridized carbons (Fsp3) is 0.750. The van der Waals surface area contributed by atoms with Crippen LogP contribution in [0.25, 0.3) is 0 Å². The highest BCUT2D eigenvalue weighted by Crippen LogP contribution is 2.12. The highest BCUT2D eigenvalue weighted by Gasteiger charge is 2.35. The van der Waals surface area contributed by atoms with Gasteiger partial charge in [-0.2, -0.15) is 0 Å². The normalized spacial score (nSPS) is 15.1. The van der Waals surface area contributed by atoms with E-state index in [-0.39, 0.29) is 49.4 Å². The van der Waals surface area contributed by atoms with Crippen molar-refractivity contribution >= 4 is 53.4 Å². The molecule has 320 valence electrons. The summed E-state index contributed by atoms with van der Waals surface area (Å²) in [4.78, 5) is 115. The smallest absolute Gasteiger partial charge is 0.326 e. The molecule has 0 bridgehead atoms. The van der Waals surface area contributed by atoms with Gasteiger partial charge in [-0.1, -0.05) is 55.4 Å². The number of aliphatic hydroxyl groups is 1. The molecular weight excluding hydrogens is 738 g/mol. The number of nitrogens with one attached hydrogen (secondary N) is 6. The lowest BCUT2D eigenvalue weighted by Gasteiger charge is -2.28. The molecule has 56 heavy (non-hydrogen) atoms. The van der Waals surface area contributed by atoms with Gasteiger partial charge in [0.1, 0.15) is 42.3 Å². The first-order chi connectivity index (χ1) is 25.9. The zero-order chi connectivity index (χ0) is 43.4. The minimum absolute atomic E-state index is 0.0143. The van der Waals surface area contributed by atoms with Crippen LogP contribution in [0.15, 0.2) is 0 Å². The Hall–Kier alpha value is -4.85. The number of hydrogen-bond acceptors (Lipinski definition) is 11. The number of rotatable bonds is 27. The topological polar surface area (TPSA) is 333 Å². The summed E-state index contributed by atoms with van der Waals surface area (Å²) in [6.07, 6.45) is -1.83. The van der Waals surface area contributed by atoms with Crippen LogP contribution in [-0.4, -0.2) is 123 Å². The third-order valence-electron chi connectivity index (χ3n) is 8.17. The second-order valence-corrected chi connectivity index (χ2v) is 15.5. The lowest BCUT2D eigenvalue weighted by molar-refractivity contribution is -0.144. The van der Waals surface area contributed by atoms with Crippen molar-refractivity contribution in [2.75, 3.05) is 6.61 Å². The van der Waals surface area contributed by atoms with Crippen molar-refractivity contribution in [1.29, 1.82) is 0 Å². The Bertz CT molecular complexity index is 1370. The molecule has 0 aliphatic carbocycles. The zero-order valence-corrected chi connectivity index (χ0v) is 33.5. The minimum Gasteiger partial charge on any atom is -0.481 e. The van der Waals surface area contributed by atoms with E-state index < -0.39 is 122 Å². The van der Waals surface area contributed by atoms with Crippen molar-refractivity contribution in [1.82, 2.24) is 31.9 Å². The molecule has 0 aromatic heterocycles.